The molecule has 1 N–H and O–H groups in total. The molecular formula is C15H21N3. The molecule has 0 aliphatic heterocycles. The van der Waals surface area contributed by atoms with Gasteiger partial charge >= 0.3 is 0 Å². The highest BCUT2D eigenvalue weighted by Gasteiger charge is 2.06. The lowest BCUT2D eigenvalue weighted by Crippen LogP contribution is -2.09. The zero-order valence-electron chi connectivity index (χ0n) is 11.4. The van der Waals surface area contributed by atoms with Gasteiger partial charge in [-0.1, -0.05) is 37.3 Å². The predicted molar refractivity (Wildman–Crippen MR) is 75.9 cm³/mol. The predicted octanol–water partition coefficient (Wildman–Crippen LogP) is 3.33. The molecule has 2 aromatic rings. The summed E-state index contributed by atoms with van der Waals surface area (Å²) in [6.07, 6.45) is 3.14. The van der Waals surface area contributed by atoms with E-state index in [1.165, 1.54) is 5.56 Å². The highest BCUT2D eigenvalue weighted by molar-refractivity contribution is 5.28. The third kappa shape index (κ3) is 3.13. The van der Waals surface area contributed by atoms with Gasteiger partial charge in [0.25, 0.3) is 0 Å². The summed E-state index contributed by atoms with van der Waals surface area (Å²) >= 11 is 0. The Morgan fingerprint density at radius 1 is 1.28 bits per heavy atom. The van der Waals surface area contributed by atoms with Crippen molar-refractivity contribution in [2.75, 3.05) is 11.9 Å². The molecule has 1 aromatic carbocycles. The standard InChI is InChI=1S/C15H21N3/c1-12(14-7-5-4-6-8-14)9-10-16-15-17-13(2)11-18(15)3/h4-8,11-12H,9-10H2,1-3H3,(H,16,17). The first-order valence-corrected chi connectivity index (χ1v) is 6.45. The molecule has 0 saturated carbocycles. The topological polar surface area (TPSA) is 29.9 Å². The van der Waals surface area contributed by atoms with E-state index in [1.54, 1.807) is 0 Å². The van der Waals surface area contributed by atoms with Gasteiger partial charge in [-0.25, -0.2) is 4.98 Å². The van der Waals surface area contributed by atoms with Crippen LogP contribution in [0.4, 0.5) is 5.95 Å². The van der Waals surface area contributed by atoms with Gasteiger partial charge in [-0.05, 0) is 24.8 Å². The molecule has 3 heteroatoms. The third-order valence-electron chi connectivity index (χ3n) is 3.23. The Labute approximate surface area is 109 Å². The maximum absolute atomic E-state index is 4.43. The number of imidazole rings is 1. The fraction of sp³-hybridized carbons (Fsp3) is 0.400. The van der Waals surface area contributed by atoms with Crippen LogP contribution in [0.1, 0.15) is 30.5 Å². The van der Waals surface area contributed by atoms with E-state index in [0.29, 0.717) is 5.92 Å². The number of nitrogens with zero attached hydrogens (tertiary/aromatic N) is 2. The number of nitrogens with one attached hydrogen (secondary N) is 1. The van der Waals surface area contributed by atoms with E-state index in [4.69, 9.17) is 0 Å². The van der Waals surface area contributed by atoms with Crippen molar-refractivity contribution in [3.05, 3.63) is 47.8 Å². The number of hydrogen-bond donors (Lipinski definition) is 1. The number of aromatic nitrogens is 2. The minimum Gasteiger partial charge on any atom is -0.356 e. The van der Waals surface area contributed by atoms with Crippen LogP contribution in [0.15, 0.2) is 36.5 Å². The van der Waals surface area contributed by atoms with E-state index >= 15 is 0 Å². The SMILES string of the molecule is Cc1cn(C)c(NCCC(C)c2ccccc2)n1. The van der Waals surface area contributed by atoms with Crippen LogP contribution in [-0.2, 0) is 7.05 Å². The molecule has 0 fully saturated rings. The molecule has 3 nitrogen and oxygen atoms in total. The van der Waals surface area contributed by atoms with Gasteiger partial charge in [0.05, 0.1) is 5.69 Å². The maximum Gasteiger partial charge on any atom is 0.202 e. The minimum atomic E-state index is 0.570. The molecule has 1 unspecified atom stereocenters. The smallest absolute Gasteiger partial charge is 0.202 e. The molecule has 18 heavy (non-hydrogen) atoms. The summed E-state index contributed by atoms with van der Waals surface area (Å²) in [4.78, 5) is 4.43. The van der Waals surface area contributed by atoms with Crippen LogP contribution in [0.3, 0.4) is 0 Å². The molecule has 0 amide bonds. The monoisotopic (exact) mass is 243 g/mol. The van der Waals surface area contributed by atoms with Crippen molar-refractivity contribution in [2.45, 2.75) is 26.2 Å². The molecule has 0 bridgehead atoms. The second kappa shape index (κ2) is 5.71. The van der Waals surface area contributed by atoms with Gasteiger partial charge in [-0.15, -0.1) is 0 Å². The number of benzene rings is 1. The van der Waals surface area contributed by atoms with Crippen molar-refractivity contribution in [1.82, 2.24) is 9.55 Å². The zero-order valence-corrected chi connectivity index (χ0v) is 11.4. The number of anilines is 1. The van der Waals surface area contributed by atoms with Crippen molar-refractivity contribution in [2.24, 2.45) is 7.05 Å². The summed E-state index contributed by atoms with van der Waals surface area (Å²) < 4.78 is 2.03. The minimum absolute atomic E-state index is 0.570. The van der Waals surface area contributed by atoms with E-state index in [9.17, 15) is 0 Å². The quantitative estimate of drug-likeness (QED) is 0.873. The average Bonchev–Trinajstić information content (AvgIpc) is 2.69. The fourth-order valence-electron chi connectivity index (χ4n) is 2.13. The molecule has 2 rings (SSSR count). The van der Waals surface area contributed by atoms with Crippen LogP contribution in [-0.4, -0.2) is 16.1 Å². The van der Waals surface area contributed by atoms with Crippen LogP contribution < -0.4 is 5.32 Å². The molecule has 0 aliphatic rings. The van der Waals surface area contributed by atoms with E-state index in [0.717, 1.165) is 24.6 Å². The summed E-state index contributed by atoms with van der Waals surface area (Å²) in [7, 11) is 2.02. The van der Waals surface area contributed by atoms with Gasteiger partial charge in [0.15, 0.2) is 0 Å². The van der Waals surface area contributed by atoms with Crippen LogP contribution in [0.25, 0.3) is 0 Å². The number of aryl methyl sites for hydroxylation is 2. The van der Waals surface area contributed by atoms with Gasteiger partial charge in [-0.2, -0.15) is 0 Å². The molecule has 0 radical (unpaired) electrons. The van der Waals surface area contributed by atoms with Gasteiger partial charge < -0.3 is 9.88 Å². The first-order valence-electron chi connectivity index (χ1n) is 6.45. The lowest BCUT2D eigenvalue weighted by molar-refractivity contribution is 0.700. The zero-order chi connectivity index (χ0) is 13.0. The molecule has 0 saturated heterocycles. The summed E-state index contributed by atoms with van der Waals surface area (Å²) in [6.45, 7) is 5.22. The Kier molecular flexibility index (Phi) is 4.03. The molecule has 1 atom stereocenters. The van der Waals surface area contributed by atoms with Gasteiger partial charge in [0.1, 0.15) is 0 Å². The lowest BCUT2D eigenvalue weighted by atomic mass is 9.98. The molecule has 1 heterocycles. The van der Waals surface area contributed by atoms with Crippen molar-refractivity contribution in [1.29, 1.82) is 0 Å². The lowest BCUT2D eigenvalue weighted by Gasteiger charge is -2.12. The molecule has 96 valence electrons. The Hall–Kier alpha value is -1.77. The second-order valence-electron chi connectivity index (χ2n) is 4.84. The van der Waals surface area contributed by atoms with Crippen molar-refractivity contribution < 1.29 is 0 Å². The normalized spacial score (nSPS) is 12.4. The molecule has 1 aromatic heterocycles. The van der Waals surface area contributed by atoms with E-state index < -0.39 is 0 Å². The Morgan fingerprint density at radius 2 is 2.00 bits per heavy atom. The van der Waals surface area contributed by atoms with E-state index in [-0.39, 0.29) is 0 Å². The highest BCUT2D eigenvalue weighted by atomic mass is 15.2. The van der Waals surface area contributed by atoms with Gasteiger partial charge in [0.2, 0.25) is 5.95 Å². The second-order valence-corrected chi connectivity index (χ2v) is 4.84. The first-order chi connectivity index (χ1) is 8.66. The molecular weight excluding hydrogens is 222 g/mol. The Balaban J connectivity index is 1.84. The van der Waals surface area contributed by atoms with E-state index in [2.05, 4.69) is 47.6 Å². The molecule has 0 spiro atoms. The van der Waals surface area contributed by atoms with Crippen molar-refractivity contribution in [3.8, 4) is 0 Å². The van der Waals surface area contributed by atoms with Crippen molar-refractivity contribution in [3.63, 3.8) is 0 Å². The highest BCUT2D eigenvalue weighted by Crippen LogP contribution is 2.18. The van der Waals surface area contributed by atoms with Crippen molar-refractivity contribution >= 4 is 5.95 Å². The van der Waals surface area contributed by atoms with Crippen LogP contribution in [0, 0.1) is 6.92 Å². The maximum atomic E-state index is 4.43. The summed E-state index contributed by atoms with van der Waals surface area (Å²) in [5, 5.41) is 3.39. The van der Waals surface area contributed by atoms with Crippen LogP contribution in [0.5, 0.6) is 0 Å². The Bertz CT molecular complexity index is 488. The summed E-state index contributed by atoms with van der Waals surface area (Å²) in [5.74, 6) is 1.52. The summed E-state index contributed by atoms with van der Waals surface area (Å²) in [6, 6.07) is 10.6. The van der Waals surface area contributed by atoms with Crippen LogP contribution in [0.2, 0.25) is 0 Å². The first kappa shape index (κ1) is 12.7. The molecule has 0 aliphatic carbocycles. The van der Waals surface area contributed by atoms with E-state index in [1.807, 2.05) is 24.7 Å². The largest absolute Gasteiger partial charge is 0.356 e. The number of hydrogen-bond acceptors (Lipinski definition) is 2. The number of rotatable bonds is 5. The third-order valence-corrected chi connectivity index (χ3v) is 3.23. The van der Waals surface area contributed by atoms with Gasteiger partial charge in [0, 0.05) is 19.8 Å². The summed E-state index contributed by atoms with van der Waals surface area (Å²) in [5.41, 5.74) is 2.45. The fourth-order valence-corrected chi connectivity index (χ4v) is 2.13. The van der Waals surface area contributed by atoms with Gasteiger partial charge in [-0.3, -0.25) is 0 Å². The average molecular weight is 243 g/mol. The van der Waals surface area contributed by atoms with Crippen LogP contribution >= 0.6 is 0 Å². The Morgan fingerprint density at radius 3 is 2.61 bits per heavy atom.